The summed E-state index contributed by atoms with van der Waals surface area (Å²) in [5.41, 5.74) is 6.36. The lowest BCUT2D eigenvalue weighted by Gasteiger charge is -2.47. The first-order valence-corrected chi connectivity index (χ1v) is 11.8. The normalized spacial score (nSPS) is 24.2. The number of hydrogen-bond donors (Lipinski definition) is 0. The first kappa shape index (κ1) is 16.1. The van der Waals surface area contributed by atoms with E-state index in [0.717, 1.165) is 0 Å². The van der Waals surface area contributed by atoms with Crippen LogP contribution in [-0.4, -0.2) is 0 Å². The fraction of sp³-hybridized carbons (Fsp3) is 0.125. The molecule has 1 saturated carbocycles. The summed E-state index contributed by atoms with van der Waals surface area (Å²) in [5.74, 6) is 2.41. The van der Waals surface area contributed by atoms with Gasteiger partial charge in [0.1, 0.15) is 0 Å². The van der Waals surface area contributed by atoms with Gasteiger partial charge >= 0.3 is 0 Å². The van der Waals surface area contributed by atoms with Crippen molar-refractivity contribution in [1.82, 2.24) is 0 Å². The molecule has 0 radical (unpaired) electrons. The van der Waals surface area contributed by atoms with Gasteiger partial charge in [-0.3, -0.25) is 0 Å². The van der Waals surface area contributed by atoms with Gasteiger partial charge in [0, 0.05) is 0 Å². The van der Waals surface area contributed by atoms with Gasteiger partial charge in [-0.25, -0.2) is 0 Å². The molecule has 0 amide bonds. The molecule has 148 valence electrons. The largest absolute Gasteiger partial charge is 0.0616 e. The Kier molecular flexibility index (Phi) is 2.62. The van der Waals surface area contributed by atoms with Crippen molar-refractivity contribution in [2.24, 2.45) is 0 Å². The molecule has 0 aliphatic heterocycles. The quantitative estimate of drug-likeness (QED) is 0.223. The van der Waals surface area contributed by atoms with E-state index in [2.05, 4.69) is 97.1 Å². The molecule has 0 heterocycles. The summed E-state index contributed by atoms with van der Waals surface area (Å²) in [5, 5.41) is 11.5. The number of benzene rings is 6. The molecule has 0 N–H and O–H groups in total. The molecular weight excluding hydrogens is 384 g/mol. The first-order valence-electron chi connectivity index (χ1n) is 11.8. The number of fused-ring (bicyclic) bond motifs is 12. The van der Waals surface area contributed by atoms with Crippen molar-refractivity contribution in [2.75, 3.05) is 0 Å². The van der Waals surface area contributed by atoms with E-state index in [0.29, 0.717) is 23.7 Å². The summed E-state index contributed by atoms with van der Waals surface area (Å²) >= 11 is 0. The highest BCUT2D eigenvalue weighted by Crippen LogP contribution is 2.75. The summed E-state index contributed by atoms with van der Waals surface area (Å²) in [6.07, 6.45) is 0. The van der Waals surface area contributed by atoms with Crippen molar-refractivity contribution in [2.45, 2.75) is 23.7 Å². The van der Waals surface area contributed by atoms with Crippen molar-refractivity contribution in [3.05, 3.63) is 119 Å². The second-order valence-corrected chi connectivity index (χ2v) is 10.0. The van der Waals surface area contributed by atoms with Crippen LogP contribution >= 0.6 is 0 Å². The van der Waals surface area contributed by atoms with E-state index < -0.39 is 0 Å². The van der Waals surface area contributed by atoms with Gasteiger partial charge in [-0.15, -0.1) is 0 Å². The second kappa shape index (κ2) is 5.22. The lowest BCUT2D eigenvalue weighted by atomic mass is 9.55. The molecular formula is C32H20. The zero-order valence-electron chi connectivity index (χ0n) is 17.5. The van der Waals surface area contributed by atoms with Crippen molar-refractivity contribution in [3.8, 4) is 0 Å². The molecule has 3 aliphatic rings. The van der Waals surface area contributed by atoms with Crippen molar-refractivity contribution >= 4 is 43.1 Å². The maximum atomic E-state index is 2.52. The summed E-state index contributed by atoms with van der Waals surface area (Å²) in [6.45, 7) is 0. The van der Waals surface area contributed by atoms with Crippen LogP contribution in [0.4, 0.5) is 0 Å². The Hall–Kier alpha value is -3.64. The summed E-state index contributed by atoms with van der Waals surface area (Å²) in [4.78, 5) is 0. The summed E-state index contributed by atoms with van der Waals surface area (Å²) in [7, 11) is 0. The Morgan fingerprint density at radius 1 is 0.344 bits per heavy atom. The SMILES string of the molecule is c1ccc2c(c1)cc1c3c(cccc32)[C@@H]2[C@H]3c4cccc5c4c(cc4ccccc45)[C@H]3[C@H]12. The molecule has 1 fully saturated rings. The molecule has 9 rings (SSSR count). The monoisotopic (exact) mass is 404 g/mol. The first-order chi connectivity index (χ1) is 15.9. The molecule has 6 aromatic rings. The van der Waals surface area contributed by atoms with Crippen LogP contribution in [0.25, 0.3) is 43.1 Å². The van der Waals surface area contributed by atoms with Crippen LogP contribution in [-0.2, 0) is 0 Å². The van der Waals surface area contributed by atoms with Crippen LogP contribution in [0.5, 0.6) is 0 Å². The second-order valence-electron chi connectivity index (χ2n) is 10.0. The third-order valence-electron chi connectivity index (χ3n) is 8.88. The number of rotatable bonds is 0. The van der Waals surface area contributed by atoms with Gasteiger partial charge in [-0.05, 0) is 89.0 Å². The highest BCUT2D eigenvalue weighted by atomic mass is 14.6. The van der Waals surface area contributed by atoms with Gasteiger partial charge in [0.15, 0.2) is 0 Å². The highest BCUT2D eigenvalue weighted by Gasteiger charge is 2.59. The third-order valence-corrected chi connectivity index (χ3v) is 8.88. The zero-order valence-corrected chi connectivity index (χ0v) is 17.5. The Morgan fingerprint density at radius 2 is 0.750 bits per heavy atom. The van der Waals surface area contributed by atoms with Crippen LogP contribution < -0.4 is 0 Å². The highest BCUT2D eigenvalue weighted by molar-refractivity contribution is 6.14. The molecule has 4 atom stereocenters. The molecule has 32 heavy (non-hydrogen) atoms. The molecule has 6 aromatic carbocycles. The Bertz CT molecular complexity index is 1670. The van der Waals surface area contributed by atoms with E-state index in [4.69, 9.17) is 0 Å². The van der Waals surface area contributed by atoms with Crippen molar-refractivity contribution < 1.29 is 0 Å². The average Bonchev–Trinajstić information content (AvgIpc) is 3.24. The molecule has 0 heteroatoms. The van der Waals surface area contributed by atoms with Gasteiger partial charge in [0.05, 0.1) is 0 Å². The third kappa shape index (κ3) is 1.62. The van der Waals surface area contributed by atoms with E-state index in [1.165, 1.54) is 32.3 Å². The molecule has 0 nitrogen and oxygen atoms in total. The average molecular weight is 405 g/mol. The van der Waals surface area contributed by atoms with E-state index in [9.17, 15) is 0 Å². The number of hydrogen-bond acceptors (Lipinski definition) is 0. The van der Waals surface area contributed by atoms with Crippen molar-refractivity contribution in [3.63, 3.8) is 0 Å². The molecule has 0 bridgehead atoms. The van der Waals surface area contributed by atoms with Crippen LogP contribution in [0.2, 0.25) is 0 Å². The fourth-order valence-electron chi connectivity index (χ4n) is 7.83. The van der Waals surface area contributed by atoms with Crippen LogP contribution in [0.15, 0.2) is 97.1 Å². The predicted octanol–water partition coefficient (Wildman–Crippen LogP) is 8.37. The standard InChI is InChI=1S/C32H20/c1-3-9-19-17(7-1)15-25-27-21(19)11-5-13-23(27)29-30-24-14-6-12-22-20-10-4-2-8-18(20)16-26(28(22)24)32(30)31(25)29/h1-16,29-32H/t29-,30-,31-,32-/m1/s1. The fourth-order valence-corrected chi connectivity index (χ4v) is 7.83. The lowest BCUT2D eigenvalue weighted by molar-refractivity contribution is 0.253. The van der Waals surface area contributed by atoms with Crippen molar-refractivity contribution in [1.29, 1.82) is 0 Å². The minimum Gasteiger partial charge on any atom is -0.0616 e. The van der Waals surface area contributed by atoms with Gasteiger partial charge in [0.2, 0.25) is 0 Å². The van der Waals surface area contributed by atoms with Crippen LogP contribution in [0, 0.1) is 0 Å². The Morgan fingerprint density at radius 3 is 1.25 bits per heavy atom. The molecule has 0 unspecified atom stereocenters. The Labute approximate surface area is 186 Å². The van der Waals surface area contributed by atoms with Gasteiger partial charge in [-0.1, -0.05) is 97.1 Å². The predicted molar refractivity (Wildman–Crippen MR) is 134 cm³/mol. The van der Waals surface area contributed by atoms with Gasteiger partial charge < -0.3 is 0 Å². The van der Waals surface area contributed by atoms with E-state index >= 15 is 0 Å². The van der Waals surface area contributed by atoms with Gasteiger partial charge in [0.25, 0.3) is 0 Å². The maximum absolute atomic E-state index is 2.52. The summed E-state index contributed by atoms with van der Waals surface area (Å²) < 4.78 is 0. The zero-order chi connectivity index (χ0) is 20.6. The van der Waals surface area contributed by atoms with Crippen LogP contribution in [0.3, 0.4) is 0 Å². The Balaban J connectivity index is 1.39. The lowest BCUT2D eigenvalue weighted by Crippen LogP contribution is -2.34. The van der Waals surface area contributed by atoms with E-state index in [1.807, 2.05) is 0 Å². The smallest absolute Gasteiger partial charge is 0.000511 e. The minimum atomic E-state index is 0.598. The molecule has 0 spiro atoms. The minimum absolute atomic E-state index is 0.598. The van der Waals surface area contributed by atoms with Gasteiger partial charge in [-0.2, -0.15) is 0 Å². The molecule has 0 aromatic heterocycles. The molecule has 0 saturated heterocycles. The molecule has 3 aliphatic carbocycles. The topological polar surface area (TPSA) is 0 Å². The maximum Gasteiger partial charge on any atom is -0.000511 e. The van der Waals surface area contributed by atoms with Crippen LogP contribution in [0.1, 0.15) is 45.9 Å². The summed E-state index contributed by atoms with van der Waals surface area (Å²) in [6, 6.07) is 37.0. The van der Waals surface area contributed by atoms with E-state index in [-0.39, 0.29) is 0 Å². The van der Waals surface area contributed by atoms with E-state index in [1.54, 1.807) is 33.0 Å².